The first-order valence-electron chi connectivity index (χ1n) is 6.93. The maximum atomic E-state index is 11.9. The van der Waals surface area contributed by atoms with E-state index >= 15 is 0 Å². The van der Waals surface area contributed by atoms with Gasteiger partial charge in [0.15, 0.2) is 0 Å². The number of sulfonamides is 1. The number of hydrogen-bond acceptors (Lipinski definition) is 5. The number of nitro benzene ring substituents is 1. The van der Waals surface area contributed by atoms with Gasteiger partial charge in [0.25, 0.3) is 5.69 Å². The molecule has 7 nitrogen and oxygen atoms in total. The molecule has 0 unspecified atom stereocenters. The predicted molar refractivity (Wildman–Crippen MR) is 86.1 cm³/mol. The fraction of sp³-hybridized carbons (Fsp3) is 0.538. The standard InChI is InChI=1S/C13H18ClN3O4S/c1-3-22(20,21)16-6-4-15(5-7-16)13-10(2)8-11(17(18)19)9-12(13)14/h8-9H,3-7H2,1-2H3. The molecular weight excluding hydrogens is 330 g/mol. The first-order chi connectivity index (χ1) is 10.3. The lowest BCUT2D eigenvalue weighted by Gasteiger charge is -2.36. The SMILES string of the molecule is CCS(=O)(=O)N1CCN(c2c(C)cc([N+](=O)[O-])cc2Cl)CC1. The predicted octanol–water partition coefficient (Wildman–Crippen LogP) is 2.03. The van der Waals surface area contributed by atoms with Gasteiger partial charge in [-0.1, -0.05) is 11.6 Å². The third-order valence-electron chi connectivity index (χ3n) is 3.76. The molecule has 0 N–H and O–H groups in total. The van der Waals surface area contributed by atoms with Crippen molar-refractivity contribution in [3.05, 3.63) is 32.8 Å². The number of hydrogen-bond donors (Lipinski definition) is 0. The van der Waals surface area contributed by atoms with Crippen LogP contribution >= 0.6 is 11.6 Å². The molecule has 9 heteroatoms. The Hall–Kier alpha value is -1.38. The van der Waals surface area contributed by atoms with Gasteiger partial charge in [0.2, 0.25) is 10.0 Å². The van der Waals surface area contributed by atoms with Gasteiger partial charge in [-0.05, 0) is 19.4 Å². The Kier molecular flexibility index (Phi) is 4.93. The number of nitrogens with zero attached hydrogens (tertiary/aromatic N) is 3. The van der Waals surface area contributed by atoms with Crippen molar-refractivity contribution in [2.24, 2.45) is 0 Å². The molecular formula is C13H18ClN3O4S. The first-order valence-corrected chi connectivity index (χ1v) is 8.92. The molecule has 0 atom stereocenters. The molecule has 2 rings (SSSR count). The van der Waals surface area contributed by atoms with Crippen molar-refractivity contribution in [2.45, 2.75) is 13.8 Å². The van der Waals surface area contributed by atoms with Crippen LogP contribution in [0.2, 0.25) is 5.02 Å². The van der Waals surface area contributed by atoms with Gasteiger partial charge in [0, 0.05) is 38.3 Å². The van der Waals surface area contributed by atoms with Crippen LogP contribution in [0.4, 0.5) is 11.4 Å². The quantitative estimate of drug-likeness (QED) is 0.614. The lowest BCUT2D eigenvalue weighted by molar-refractivity contribution is -0.384. The van der Waals surface area contributed by atoms with Crippen molar-refractivity contribution in [2.75, 3.05) is 36.8 Å². The summed E-state index contributed by atoms with van der Waals surface area (Å²) in [5.74, 6) is 0.0876. The molecule has 1 aliphatic heterocycles. The Morgan fingerprint density at radius 3 is 2.32 bits per heavy atom. The number of rotatable bonds is 4. The van der Waals surface area contributed by atoms with E-state index in [0.717, 1.165) is 5.69 Å². The fourth-order valence-electron chi connectivity index (χ4n) is 2.60. The summed E-state index contributed by atoms with van der Waals surface area (Å²) >= 11 is 6.19. The highest BCUT2D eigenvalue weighted by Crippen LogP contribution is 2.34. The molecule has 0 spiro atoms. The van der Waals surface area contributed by atoms with Crippen molar-refractivity contribution in [1.82, 2.24) is 4.31 Å². The van der Waals surface area contributed by atoms with E-state index in [2.05, 4.69) is 0 Å². The number of anilines is 1. The summed E-state index contributed by atoms with van der Waals surface area (Å²) in [6.45, 7) is 5.20. The van der Waals surface area contributed by atoms with Crippen LogP contribution in [0.1, 0.15) is 12.5 Å². The second kappa shape index (κ2) is 6.39. The zero-order chi connectivity index (χ0) is 16.5. The van der Waals surface area contributed by atoms with Crippen LogP contribution in [-0.4, -0.2) is 49.6 Å². The average Bonchev–Trinajstić information content (AvgIpc) is 2.47. The van der Waals surface area contributed by atoms with Gasteiger partial charge < -0.3 is 4.90 Å². The van der Waals surface area contributed by atoms with Gasteiger partial charge in [-0.2, -0.15) is 4.31 Å². The summed E-state index contributed by atoms with van der Waals surface area (Å²) in [5, 5.41) is 11.2. The van der Waals surface area contributed by atoms with E-state index in [1.165, 1.54) is 16.4 Å². The second-order valence-corrected chi connectivity index (χ2v) is 7.80. The Labute approximate surface area is 134 Å². The minimum Gasteiger partial charge on any atom is -0.367 e. The number of halogens is 1. The van der Waals surface area contributed by atoms with E-state index in [9.17, 15) is 18.5 Å². The highest BCUT2D eigenvalue weighted by molar-refractivity contribution is 7.89. The van der Waals surface area contributed by atoms with E-state index in [4.69, 9.17) is 11.6 Å². The van der Waals surface area contributed by atoms with E-state index in [1.54, 1.807) is 13.8 Å². The number of piperazine rings is 1. The molecule has 1 aliphatic rings. The summed E-state index contributed by atoms with van der Waals surface area (Å²) < 4.78 is 25.2. The summed E-state index contributed by atoms with van der Waals surface area (Å²) in [5.41, 5.74) is 1.41. The van der Waals surface area contributed by atoms with E-state index < -0.39 is 14.9 Å². The van der Waals surface area contributed by atoms with Crippen LogP contribution in [0.15, 0.2) is 12.1 Å². The van der Waals surface area contributed by atoms with Gasteiger partial charge in [-0.15, -0.1) is 0 Å². The number of non-ortho nitro benzene ring substituents is 1. The molecule has 0 amide bonds. The monoisotopic (exact) mass is 347 g/mol. The van der Waals surface area contributed by atoms with E-state index in [-0.39, 0.29) is 11.4 Å². The zero-order valence-electron chi connectivity index (χ0n) is 12.5. The normalized spacial score (nSPS) is 16.8. The van der Waals surface area contributed by atoms with Crippen LogP contribution in [0.5, 0.6) is 0 Å². The van der Waals surface area contributed by atoms with Crippen LogP contribution in [0, 0.1) is 17.0 Å². The van der Waals surface area contributed by atoms with Gasteiger partial charge in [-0.25, -0.2) is 8.42 Å². The minimum atomic E-state index is -3.18. The van der Waals surface area contributed by atoms with Crippen molar-refractivity contribution >= 4 is 33.0 Å². The van der Waals surface area contributed by atoms with Gasteiger partial charge >= 0.3 is 0 Å². The topological polar surface area (TPSA) is 83.8 Å². The summed E-state index contributed by atoms with van der Waals surface area (Å²) in [6.07, 6.45) is 0. The highest BCUT2D eigenvalue weighted by atomic mass is 35.5. The third-order valence-corrected chi connectivity index (χ3v) is 5.93. The van der Waals surface area contributed by atoms with Crippen molar-refractivity contribution in [1.29, 1.82) is 0 Å². The molecule has 0 bridgehead atoms. The Balaban J connectivity index is 2.20. The maximum Gasteiger partial charge on any atom is 0.271 e. The molecule has 0 aromatic heterocycles. The van der Waals surface area contributed by atoms with Crippen LogP contribution in [0.25, 0.3) is 0 Å². The molecule has 0 aliphatic carbocycles. The molecule has 122 valence electrons. The average molecular weight is 348 g/mol. The lowest BCUT2D eigenvalue weighted by Crippen LogP contribution is -2.49. The largest absolute Gasteiger partial charge is 0.367 e. The number of nitro groups is 1. The Morgan fingerprint density at radius 2 is 1.86 bits per heavy atom. The lowest BCUT2D eigenvalue weighted by atomic mass is 10.1. The molecule has 22 heavy (non-hydrogen) atoms. The molecule has 1 aromatic rings. The molecule has 1 heterocycles. The summed E-state index contributed by atoms with van der Waals surface area (Å²) in [4.78, 5) is 12.3. The summed E-state index contributed by atoms with van der Waals surface area (Å²) in [6, 6.07) is 2.81. The fourth-order valence-corrected chi connectivity index (χ4v) is 4.06. The van der Waals surface area contributed by atoms with Gasteiger partial charge in [-0.3, -0.25) is 10.1 Å². The Morgan fingerprint density at radius 1 is 1.27 bits per heavy atom. The number of aryl methyl sites for hydroxylation is 1. The smallest absolute Gasteiger partial charge is 0.271 e. The van der Waals surface area contributed by atoms with Crippen LogP contribution in [-0.2, 0) is 10.0 Å². The minimum absolute atomic E-state index is 0.0431. The van der Waals surface area contributed by atoms with Crippen LogP contribution < -0.4 is 4.90 Å². The number of benzene rings is 1. The van der Waals surface area contributed by atoms with E-state index in [1.807, 2.05) is 4.90 Å². The zero-order valence-corrected chi connectivity index (χ0v) is 14.0. The second-order valence-electron chi connectivity index (χ2n) is 5.14. The van der Waals surface area contributed by atoms with Crippen LogP contribution in [0.3, 0.4) is 0 Å². The maximum absolute atomic E-state index is 11.9. The summed E-state index contributed by atoms with van der Waals surface area (Å²) in [7, 11) is -3.18. The highest BCUT2D eigenvalue weighted by Gasteiger charge is 2.27. The molecule has 0 saturated carbocycles. The van der Waals surface area contributed by atoms with Crippen molar-refractivity contribution in [3.8, 4) is 0 Å². The van der Waals surface area contributed by atoms with Gasteiger partial charge in [0.05, 0.1) is 21.4 Å². The molecule has 1 saturated heterocycles. The Bertz CT molecular complexity index is 662. The molecule has 1 fully saturated rings. The van der Waals surface area contributed by atoms with Gasteiger partial charge in [0.1, 0.15) is 0 Å². The van der Waals surface area contributed by atoms with Crippen molar-refractivity contribution in [3.63, 3.8) is 0 Å². The van der Waals surface area contributed by atoms with Crippen molar-refractivity contribution < 1.29 is 13.3 Å². The van der Waals surface area contributed by atoms with E-state index in [0.29, 0.717) is 36.8 Å². The first kappa shape index (κ1) is 17.0. The molecule has 0 radical (unpaired) electrons. The molecule has 1 aromatic carbocycles. The third kappa shape index (κ3) is 3.34.